The summed E-state index contributed by atoms with van der Waals surface area (Å²) < 4.78 is 20.3. The molecule has 128 valence electrons. The van der Waals surface area contributed by atoms with E-state index in [9.17, 15) is 9.59 Å². The van der Waals surface area contributed by atoms with Gasteiger partial charge in [0, 0.05) is 18.6 Å². The van der Waals surface area contributed by atoms with Crippen LogP contribution >= 0.6 is 0 Å². The second-order valence-electron chi connectivity index (χ2n) is 5.28. The molecule has 1 heterocycles. The van der Waals surface area contributed by atoms with Gasteiger partial charge in [-0.3, -0.25) is 0 Å². The van der Waals surface area contributed by atoms with Crippen LogP contribution in [-0.2, 0) is 9.53 Å². The van der Waals surface area contributed by atoms with Crippen LogP contribution in [0.1, 0.15) is 0 Å². The number of carbonyl (C=O) groups is 1. The summed E-state index contributed by atoms with van der Waals surface area (Å²) in [7, 11) is 2.98. The summed E-state index contributed by atoms with van der Waals surface area (Å²) in [6, 6.07) is 13.7. The number of methoxy groups -OCH3 is 2. The molecular formula is C19H16O6. The van der Waals surface area contributed by atoms with Gasteiger partial charge < -0.3 is 18.6 Å². The van der Waals surface area contributed by atoms with Gasteiger partial charge in [-0.15, -0.1) is 0 Å². The van der Waals surface area contributed by atoms with Crippen LogP contribution in [0.4, 0.5) is 0 Å². The van der Waals surface area contributed by atoms with Crippen molar-refractivity contribution >= 4 is 16.9 Å². The van der Waals surface area contributed by atoms with Crippen LogP contribution in [0.2, 0.25) is 0 Å². The van der Waals surface area contributed by atoms with Gasteiger partial charge in [0.25, 0.3) is 0 Å². The third kappa shape index (κ3) is 3.70. The van der Waals surface area contributed by atoms with E-state index in [0.717, 1.165) is 10.9 Å². The first-order chi connectivity index (χ1) is 12.1. The Morgan fingerprint density at radius 3 is 2.40 bits per heavy atom. The average Bonchev–Trinajstić information content (AvgIpc) is 2.61. The van der Waals surface area contributed by atoms with Crippen LogP contribution in [0, 0.1) is 0 Å². The number of esters is 1. The molecule has 0 unspecified atom stereocenters. The first-order valence-electron chi connectivity index (χ1n) is 7.52. The molecule has 0 bridgehead atoms. The Labute approximate surface area is 143 Å². The highest BCUT2D eigenvalue weighted by Crippen LogP contribution is 2.25. The summed E-state index contributed by atoms with van der Waals surface area (Å²) in [5, 5.41) is 0.719. The van der Waals surface area contributed by atoms with Crippen LogP contribution in [0.15, 0.2) is 57.7 Å². The van der Waals surface area contributed by atoms with Gasteiger partial charge in [0.2, 0.25) is 0 Å². The molecule has 6 heteroatoms. The zero-order chi connectivity index (χ0) is 17.8. The maximum absolute atomic E-state index is 12.3. The van der Waals surface area contributed by atoms with Gasteiger partial charge in [0.15, 0.2) is 0 Å². The third-order valence-corrected chi connectivity index (χ3v) is 3.60. The number of hydrogen-bond acceptors (Lipinski definition) is 6. The molecule has 1 aromatic heterocycles. The van der Waals surface area contributed by atoms with Crippen LogP contribution < -0.4 is 15.1 Å². The average molecular weight is 340 g/mol. The fraction of sp³-hybridized carbons (Fsp3) is 0.158. The second kappa shape index (κ2) is 7.19. The molecule has 0 aliphatic rings. The number of rotatable bonds is 5. The van der Waals surface area contributed by atoms with E-state index in [1.165, 1.54) is 13.2 Å². The van der Waals surface area contributed by atoms with E-state index in [-0.39, 0.29) is 12.4 Å². The minimum Gasteiger partial charge on any atom is -0.497 e. The summed E-state index contributed by atoms with van der Waals surface area (Å²) in [5.41, 5.74) is 1.04. The largest absolute Gasteiger partial charge is 0.497 e. The zero-order valence-corrected chi connectivity index (χ0v) is 13.8. The number of carbonyl (C=O) groups excluding carboxylic acids is 1. The summed E-state index contributed by atoms with van der Waals surface area (Å²) in [6.45, 7) is -0.154. The lowest BCUT2D eigenvalue weighted by Gasteiger charge is -2.06. The smallest absolute Gasteiger partial charge is 0.344 e. The van der Waals surface area contributed by atoms with E-state index >= 15 is 0 Å². The van der Waals surface area contributed by atoms with E-state index in [1.807, 2.05) is 0 Å². The van der Waals surface area contributed by atoms with Crippen molar-refractivity contribution in [1.29, 1.82) is 0 Å². The maximum atomic E-state index is 12.3. The van der Waals surface area contributed by atoms with Crippen LogP contribution in [-0.4, -0.2) is 26.8 Å². The summed E-state index contributed by atoms with van der Waals surface area (Å²) >= 11 is 0. The molecule has 0 fully saturated rings. The molecule has 0 atom stereocenters. The van der Waals surface area contributed by atoms with Gasteiger partial charge >= 0.3 is 11.6 Å². The van der Waals surface area contributed by atoms with Crippen molar-refractivity contribution in [2.75, 3.05) is 20.8 Å². The molecule has 0 saturated heterocycles. The van der Waals surface area contributed by atoms with Crippen molar-refractivity contribution < 1.29 is 23.4 Å². The number of ether oxygens (including phenoxy) is 3. The molecule has 0 aliphatic heterocycles. The van der Waals surface area contributed by atoms with Gasteiger partial charge in [-0.2, -0.15) is 0 Å². The third-order valence-electron chi connectivity index (χ3n) is 3.60. The number of hydrogen-bond donors (Lipinski definition) is 0. The lowest BCUT2D eigenvalue weighted by Crippen LogP contribution is -2.14. The highest BCUT2D eigenvalue weighted by Gasteiger charge is 2.10. The van der Waals surface area contributed by atoms with Gasteiger partial charge in [0.1, 0.15) is 23.7 Å². The molecule has 6 nitrogen and oxygen atoms in total. The minimum atomic E-state index is -0.529. The summed E-state index contributed by atoms with van der Waals surface area (Å²) in [5.74, 6) is 0.463. The van der Waals surface area contributed by atoms with Crippen LogP contribution in [0.3, 0.4) is 0 Å². The molecule has 0 aliphatic carbocycles. The quantitative estimate of drug-likeness (QED) is 0.404. The van der Waals surface area contributed by atoms with E-state index in [2.05, 4.69) is 0 Å². The normalized spacial score (nSPS) is 10.6. The fourth-order valence-electron chi connectivity index (χ4n) is 2.41. The molecule has 3 rings (SSSR count). The molecule has 0 amide bonds. The van der Waals surface area contributed by atoms with Gasteiger partial charge in [-0.05, 0) is 35.9 Å². The maximum Gasteiger partial charge on any atom is 0.344 e. The van der Waals surface area contributed by atoms with Crippen molar-refractivity contribution in [2.24, 2.45) is 0 Å². The standard InChI is InChI=1S/C19H16O6/c1-22-11-18(20)24-15-8-5-13-9-16(19(21)25-17(13)10-15)12-3-6-14(23-2)7-4-12/h3-10H,11H2,1-2H3. The molecular weight excluding hydrogens is 324 g/mol. The molecule has 0 spiro atoms. The lowest BCUT2D eigenvalue weighted by molar-refractivity contribution is -0.138. The topological polar surface area (TPSA) is 75.0 Å². The predicted octanol–water partition coefficient (Wildman–Crippen LogP) is 3.02. The Kier molecular flexibility index (Phi) is 4.81. The molecule has 0 radical (unpaired) electrons. The Hall–Kier alpha value is -3.12. The van der Waals surface area contributed by atoms with E-state index in [0.29, 0.717) is 16.9 Å². The van der Waals surface area contributed by atoms with Gasteiger partial charge in [0.05, 0.1) is 12.7 Å². The zero-order valence-electron chi connectivity index (χ0n) is 13.8. The first-order valence-corrected chi connectivity index (χ1v) is 7.52. The summed E-state index contributed by atoms with van der Waals surface area (Å²) in [6.07, 6.45) is 0. The van der Waals surface area contributed by atoms with E-state index in [1.54, 1.807) is 49.6 Å². The molecule has 2 aromatic carbocycles. The summed E-state index contributed by atoms with van der Waals surface area (Å²) in [4.78, 5) is 23.8. The van der Waals surface area contributed by atoms with Crippen molar-refractivity contribution in [1.82, 2.24) is 0 Å². The monoisotopic (exact) mass is 340 g/mol. The SMILES string of the molecule is COCC(=O)Oc1ccc2cc(-c3ccc(OC)cc3)c(=O)oc2c1. The highest BCUT2D eigenvalue weighted by molar-refractivity contribution is 5.83. The molecule has 3 aromatic rings. The Bertz CT molecular complexity index is 956. The highest BCUT2D eigenvalue weighted by atomic mass is 16.6. The van der Waals surface area contributed by atoms with E-state index < -0.39 is 11.6 Å². The fourth-order valence-corrected chi connectivity index (χ4v) is 2.41. The van der Waals surface area contributed by atoms with Gasteiger partial charge in [-0.1, -0.05) is 12.1 Å². The first kappa shape index (κ1) is 16.7. The lowest BCUT2D eigenvalue weighted by atomic mass is 10.1. The number of fused-ring (bicyclic) bond motifs is 1. The van der Waals surface area contributed by atoms with Crippen molar-refractivity contribution in [2.45, 2.75) is 0 Å². The van der Waals surface area contributed by atoms with Crippen LogP contribution in [0.25, 0.3) is 22.1 Å². The van der Waals surface area contributed by atoms with Crippen molar-refractivity contribution in [3.63, 3.8) is 0 Å². The molecule has 25 heavy (non-hydrogen) atoms. The predicted molar refractivity (Wildman–Crippen MR) is 92.0 cm³/mol. The minimum absolute atomic E-state index is 0.154. The Morgan fingerprint density at radius 1 is 1.00 bits per heavy atom. The van der Waals surface area contributed by atoms with Crippen LogP contribution in [0.5, 0.6) is 11.5 Å². The Morgan fingerprint density at radius 2 is 1.72 bits per heavy atom. The van der Waals surface area contributed by atoms with Crippen molar-refractivity contribution in [3.05, 3.63) is 59.0 Å². The Balaban J connectivity index is 1.96. The van der Waals surface area contributed by atoms with E-state index in [4.69, 9.17) is 18.6 Å². The molecule has 0 N–H and O–H groups in total. The van der Waals surface area contributed by atoms with Crippen molar-refractivity contribution in [3.8, 4) is 22.6 Å². The van der Waals surface area contributed by atoms with Gasteiger partial charge in [-0.25, -0.2) is 9.59 Å². The number of benzene rings is 2. The molecule has 0 saturated carbocycles. The second-order valence-corrected chi connectivity index (χ2v) is 5.28.